The fourth-order valence-electron chi connectivity index (χ4n) is 2.81. The van der Waals surface area contributed by atoms with E-state index >= 15 is 0 Å². The Morgan fingerprint density at radius 1 is 1.32 bits per heavy atom. The van der Waals surface area contributed by atoms with Gasteiger partial charge in [-0.25, -0.2) is 4.98 Å². The van der Waals surface area contributed by atoms with Crippen LogP contribution in [0.3, 0.4) is 0 Å². The molecular formula is C16H18N2O. The van der Waals surface area contributed by atoms with Gasteiger partial charge in [0.2, 0.25) is 0 Å². The van der Waals surface area contributed by atoms with Gasteiger partial charge in [-0.1, -0.05) is 25.3 Å². The van der Waals surface area contributed by atoms with Crippen LogP contribution in [0.2, 0.25) is 0 Å². The van der Waals surface area contributed by atoms with Gasteiger partial charge < -0.3 is 4.40 Å². The number of allylic oxidation sites excluding steroid dienone is 1. The van der Waals surface area contributed by atoms with Gasteiger partial charge in [-0.2, -0.15) is 0 Å². The van der Waals surface area contributed by atoms with E-state index in [1.807, 2.05) is 35.0 Å². The first-order valence-electron chi connectivity index (χ1n) is 6.97. The molecule has 98 valence electrons. The zero-order valence-corrected chi connectivity index (χ0v) is 11.0. The lowest BCUT2D eigenvalue weighted by Crippen LogP contribution is -2.15. The van der Waals surface area contributed by atoms with Crippen molar-refractivity contribution in [3.8, 4) is 0 Å². The summed E-state index contributed by atoms with van der Waals surface area (Å²) < 4.78 is 1.96. The molecule has 1 aliphatic rings. The lowest BCUT2D eigenvalue weighted by atomic mass is 9.86. The number of nitrogens with zero attached hydrogens (tertiary/aromatic N) is 2. The highest BCUT2D eigenvalue weighted by Gasteiger charge is 2.18. The van der Waals surface area contributed by atoms with Crippen molar-refractivity contribution in [3.05, 3.63) is 42.5 Å². The number of hydrogen-bond donors (Lipinski definition) is 0. The average molecular weight is 254 g/mol. The molecular weight excluding hydrogens is 236 g/mol. The Balaban J connectivity index is 1.78. The Labute approximate surface area is 113 Å². The zero-order valence-electron chi connectivity index (χ0n) is 11.0. The van der Waals surface area contributed by atoms with Gasteiger partial charge in [0.1, 0.15) is 0 Å². The predicted octanol–water partition coefficient (Wildman–Crippen LogP) is 3.50. The van der Waals surface area contributed by atoms with Crippen molar-refractivity contribution >= 4 is 17.4 Å². The first-order chi connectivity index (χ1) is 9.34. The largest absolute Gasteiger partial charge is 0.306 e. The number of aromatic nitrogens is 2. The van der Waals surface area contributed by atoms with E-state index < -0.39 is 0 Å². The molecule has 0 aliphatic heterocycles. The Morgan fingerprint density at radius 2 is 2.16 bits per heavy atom. The van der Waals surface area contributed by atoms with E-state index in [4.69, 9.17) is 0 Å². The number of hydrogen-bond acceptors (Lipinski definition) is 2. The van der Waals surface area contributed by atoms with Gasteiger partial charge >= 0.3 is 0 Å². The van der Waals surface area contributed by atoms with Gasteiger partial charge in [-0.15, -0.1) is 0 Å². The molecule has 0 amide bonds. The molecule has 3 rings (SSSR count). The Morgan fingerprint density at radius 3 is 3.00 bits per heavy atom. The molecule has 3 heteroatoms. The minimum absolute atomic E-state index is 0.245. The third-order valence-electron chi connectivity index (χ3n) is 3.92. The molecule has 0 unspecified atom stereocenters. The molecule has 0 bridgehead atoms. The minimum atomic E-state index is 0.245. The maximum Gasteiger partial charge on any atom is 0.158 e. The highest BCUT2D eigenvalue weighted by molar-refractivity contribution is 5.96. The Bertz CT molecular complexity index is 606. The molecule has 19 heavy (non-hydrogen) atoms. The van der Waals surface area contributed by atoms with Crippen LogP contribution in [0, 0.1) is 5.92 Å². The average Bonchev–Trinajstić information content (AvgIpc) is 2.94. The van der Waals surface area contributed by atoms with E-state index in [9.17, 15) is 4.79 Å². The van der Waals surface area contributed by atoms with Crippen LogP contribution in [0.1, 0.15) is 37.7 Å². The highest BCUT2D eigenvalue weighted by Crippen LogP contribution is 2.25. The lowest BCUT2D eigenvalue weighted by Gasteiger charge is -2.18. The van der Waals surface area contributed by atoms with Gasteiger partial charge in [-0.3, -0.25) is 4.79 Å². The highest BCUT2D eigenvalue weighted by atomic mass is 16.1. The summed E-state index contributed by atoms with van der Waals surface area (Å²) in [5.74, 6) is 0.524. The number of pyridine rings is 1. The second-order valence-corrected chi connectivity index (χ2v) is 5.22. The summed E-state index contributed by atoms with van der Waals surface area (Å²) in [7, 11) is 0. The number of carbonyl (C=O) groups is 1. The van der Waals surface area contributed by atoms with E-state index in [0.29, 0.717) is 0 Å². The van der Waals surface area contributed by atoms with Crippen LogP contribution in [-0.4, -0.2) is 15.2 Å². The first kappa shape index (κ1) is 12.2. The van der Waals surface area contributed by atoms with Crippen molar-refractivity contribution < 1.29 is 4.79 Å². The molecule has 0 radical (unpaired) electrons. The number of fused-ring (bicyclic) bond motifs is 1. The van der Waals surface area contributed by atoms with E-state index in [1.54, 1.807) is 12.4 Å². The maximum absolute atomic E-state index is 12.1. The SMILES string of the molecule is O=C(/C=C/c1cccn2cncc12)C1CCCCC1. The molecule has 1 saturated carbocycles. The van der Waals surface area contributed by atoms with Crippen molar-refractivity contribution in [1.82, 2.24) is 9.38 Å². The lowest BCUT2D eigenvalue weighted by molar-refractivity contribution is -0.119. The monoisotopic (exact) mass is 254 g/mol. The number of carbonyl (C=O) groups excluding carboxylic acids is 1. The third-order valence-corrected chi connectivity index (χ3v) is 3.92. The third kappa shape index (κ3) is 2.60. The smallest absolute Gasteiger partial charge is 0.158 e. The maximum atomic E-state index is 12.1. The number of rotatable bonds is 3. The molecule has 2 heterocycles. The summed E-state index contributed by atoms with van der Waals surface area (Å²) in [5, 5.41) is 0. The van der Waals surface area contributed by atoms with Gasteiger partial charge in [0.15, 0.2) is 5.78 Å². The van der Waals surface area contributed by atoms with E-state index in [2.05, 4.69) is 4.98 Å². The molecule has 3 nitrogen and oxygen atoms in total. The van der Waals surface area contributed by atoms with Crippen LogP contribution in [-0.2, 0) is 4.79 Å². The van der Waals surface area contributed by atoms with Crippen LogP contribution in [0.5, 0.6) is 0 Å². The number of ketones is 1. The fraction of sp³-hybridized carbons (Fsp3) is 0.375. The zero-order chi connectivity index (χ0) is 13.1. The van der Waals surface area contributed by atoms with Crippen LogP contribution < -0.4 is 0 Å². The predicted molar refractivity (Wildman–Crippen MR) is 75.8 cm³/mol. The first-order valence-corrected chi connectivity index (χ1v) is 6.97. The van der Waals surface area contributed by atoms with Gasteiger partial charge in [0.25, 0.3) is 0 Å². The molecule has 1 aliphatic carbocycles. The summed E-state index contributed by atoms with van der Waals surface area (Å²) in [6.45, 7) is 0. The van der Waals surface area contributed by atoms with Gasteiger partial charge in [-0.05, 0) is 31.1 Å². The molecule has 0 spiro atoms. The van der Waals surface area contributed by atoms with Crippen LogP contribution >= 0.6 is 0 Å². The Hall–Kier alpha value is -1.90. The van der Waals surface area contributed by atoms with Crippen molar-refractivity contribution in [1.29, 1.82) is 0 Å². The van der Waals surface area contributed by atoms with Crippen molar-refractivity contribution in [2.75, 3.05) is 0 Å². The molecule has 0 N–H and O–H groups in total. The van der Waals surface area contributed by atoms with Crippen molar-refractivity contribution in [2.24, 2.45) is 5.92 Å². The standard InChI is InChI=1S/C16H18N2O/c19-16(14-5-2-1-3-6-14)9-8-13-7-4-10-18-12-17-11-15(13)18/h4,7-12,14H,1-3,5-6H2/b9-8+. The van der Waals surface area contributed by atoms with Gasteiger partial charge in [0.05, 0.1) is 18.0 Å². The van der Waals surface area contributed by atoms with E-state index in [-0.39, 0.29) is 11.7 Å². The molecule has 0 aromatic carbocycles. The van der Waals surface area contributed by atoms with Crippen LogP contribution in [0.15, 0.2) is 36.9 Å². The topological polar surface area (TPSA) is 34.4 Å². The molecule has 2 aromatic heterocycles. The Kier molecular flexibility index (Phi) is 3.45. The molecule has 1 fully saturated rings. The fourth-order valence-corrected chi connectivity index (χ4v) is 2.81. The van der Waals surface area contributed by atoms with E-state index in [0.717, 1.165) is 23.9 Å². The van der Waals surface area contributed by atoms with Crippen molar-refractivity contribution in [3.63, 3.8) is 0 Å². The van der Waals surface area contributed by atoms with Crippen molar-refractivity contribution in [2.45, 2.75) is 32.1 Å². The molecule has 0 atom stereocenters. The minimum Gasteiger partial charge on any atom is -0.306 e. The van der Waals surface area contributed by atoms with Crippen LogP contribution in [0.4, 0.5) is 0 Å². The van der Waals surface area contributed by atoms with Crippen LogP contribution in [0.25, 0.3) is 11.6 Å². The molecule has 0 saturated heterocycles. The summed E-state index contributed by atoms with van der Waals surface area (Å²) in [6, 6.07) is 3.99. The van der Waals surface area contributed by atoms with E-state index in [1.165, 1.54) is 19.3 Å². The second-order valence-electron chi connectivity index (χ2n) is 5.22. The normalized spacial score (nSPS) is 17.3. The quantitative estimate of drug-likeness (QED) is 0.786. The number of imidazole rings is 1. The summed E-state index contributed by atoms with van der Waals surface area (Å²) >= 11 is 0. The summed E-state index contributed by atoms with van der Waals surface area (Å²) in [5.41, 5.74) is 2.08. The summed E-state index contributed by atoms with van der Waals surface area (Å²) in [4.78, 5) is 16.3. The second kappa shape index (κ2) is 5.39. The molecule has 2 aromatic rings. The summed E-state index contributed by atoms with van der Waals surface area (Å²) in [6.07, 6.45) is 15.0. The van der Waals surface area contributed by atoms with Gasteiger partial charge in [0, 0.05) is 17.7 Å².